The second kappa shape index (κ2) is 6.74. The van der Waals surface area contributed by atoms with Crippen molar-refractivity contribution in [3.8, 4) is 28.3 Å². The average Bonchev–Trinajstić information content (AvgIpc) is 3.27. The summed E-state index contributed by atoms with van der Waals surface area (Å²) < 4.78 is 4.15. The van der Waals surface area contributed by atoms with E-state index < -0.39 is 0 Å². The maximum atomic E-state index is 5.00. The summed E-state index contributed by atoms with van der Waals surface area (Å²) >= 11 is 0. The summed E-state index contributed by atoms with van der Waals surface area (Å²) in [6.07, 6.45) is 1.88. The first-order valence-corrected chi connectivity index (χ1v) is 9.81. The molecule has 0 saturated heterocycles. The Balaban J connectivity index is 1.93. The maximum Gasteiger partial charge on any atom is 0.174 e. The molecule has 6 nitrogen and oxygen atoms in total. The van der Waals surface area contributed by atoms with Crippen LogP contribution in [0.2, 0.25) is 0 Å². The van der Waals surface area contributed by atoms with Gasteiger partial charge in [-0.3, -0.25) is 4.57 Å². The summed E-state index contributed by atoms with van der Waals surface area (Å²) in [5, 5.41) is 14.0. The lowest BCUT2D eigenvalue weighted by molar-refractivity contribution is 0.696. The highest BCUT2D eigenvalue weighted by molar-refractivity contribution is 5.92. The van der Waals surface area contributed by atoms with Crippen LogP contribution in [-0.4, -0.2) is 31.1 Å². The Hall–Kier alpha value is -3.67. The Kier molecular flexibility index (Phi) is 4.05. The molecule has 0 aliphatic carbocycles. The molecule has 0 atom stereocenters. The molecule has 2 aromatic heterocycles. The van der Waals surface area contributed by atoms with E-state index in [2.05, 4.69) is 69.6 Å². The van der Waals surface area contributed by atoms with Crippen LogP contribution in [0.15, 0.2) is 67.3 Å². The minimum absolute atomic E-state index is 0.612. The number of rotatable bonds is 4. The van der Waals surface area contributed by atoms with Gasteiger partial charge in [0.2, 0.25) is 0 Å². The summed E-state index contributed by atoms with van der Waals surface area (Å²) in [5.41, 5.74) is 5.15. The Bertz CT molecular complexity index is 1200. The Morgan fingerprint density at radius 3 is 2.41 bits per heavy atom. The second-order valence-corrected chi connectivity index (χ2v) is 7.02. The molecular weight excluding hydrogens is 360 g/mol. The Morgan fingerprint density at radius 1 is 0.966 bits per heavy atom. The molecule has 0 spiro atoms. The minimum atomic E-state index is 0.612. The van der Waals surface area contributed by atoms with Gasteiger partial charge in [0, 0.05) is 12.1 Å². The van der Waals surface area contributed by atoms with Crippen molar-refractivity contribution in [2.75, 3.05) is 11.4 Å². The van der Waals surface area contributed by atoms with Gasteiger partial charge in [-0.15, -0.1) is 16.8 Å². The van der Waals surface area contributed by atoms with Crippen LogP contribution in [0.25, 0.3) is 28.3 Å². The molecule has 2 aromatic carbocycles. The molecule has 5 rings (SSSR count). The van der Waals surface area contributed by atoms with Crippen LogP contribution in [0, 0.1) is 6.92 Å². The third kappa shape index (κ3) is 2.52. The van der Waals surface area contributed by atoms with Crippen LogP contribution >= 0.6 is 0 Å². The SMILES string of the molecule is C=CCn1nc(-c2ccccc2)c2c1N(CC)c1ccccc1-n1c(C)nnc1-2. The number of anilines is 2. The molecule has 0 N–H and O–H groups in total. The number of hydrogen-bond acceptors (Lipinski definition) is 4. The van der Waals surface area contributed by atoms with E-state index in [1.54, 1.807) is 0 Å². The zero-order valence-corrected chi connectivity index (χ0v) is 16.6. The standard InChI is InChI=1S/C23H22N6/c1-4-15-28-23-20(21(26-28)17-11-7-6-8-12-17)22-25-24-16(3)29(22)19-14-10-9-13-18(19)27(23)5-2/h4,6-14H,1,5,15H2,2-3H3. The molecule has 29 heavy (non-hydrogen) atoms. The zero-order chi connectivity index (χ0) is 20.0. The highest BCUT2D eigenvalue weighted by Crippen LogP contribution is 2.46. The molecule has 1 aliphatic rings. The molecule has 0 radical (unpaired) electrons. The van der Waals surface area contributed by atoms with Crippen molar-refractivity contribution in [3.05, 3.63) is 73.1 Å². The summed E-state index contributed by atoms with van der Waals surface area (Å²) in [5.74, 6) is 2.69. The second-order valence-electron chi connectivity index (χ2n) is 7.02. The monoisotopic (exact) mass is 382 g/mol. The predicted molar refractivity (Wildman–Crippen MR) is 116 cm³/mol. The van der Waals surface area contributed by atoms with Crippen molar-refractivity contribution in [2.24, 2.45) is 0 Å². The van der Waals surface area contributed by atoms with Gasteiger partial charge in [0.25, 0.3) is 0 Å². The van der Waals surface area contributed by atoms with Crippen molar-refractivity contribution in [2.45, 2.75) is 20.4 Å². The first-order valence-electron chi connectivity index (χ1n) is 9.81. The van der Waals surface area contributed by atoms with Gasteiger partial charge in [0.15, 0.2) is 5.82 Å². The third-order valence-electron chi connectivity index (χ3n) is 5.31. The van der Waals surface area contributed by atoms with Gasteiger partial charge in [-0.1, -0.05) is 48.5 Å². The van der Waals surface area contributed by atoms with E-state index in [0.29, 0.717) is 6.54 Å². The molecule has 0 amide bonds. The van der Waals surface area contributed by atoms with Crippen LogP contribution in [0.1, 0.15) is 12.7 Å². The molecule has 0 fully saturated rings. The number of aromatic nitrogens is 5. The zero-order valence-electron chi connectivity index (χ0n) is 16.6. The third-order valence-corrected chi connectivity index (χ3v) is 5.31. The molecular formula is C23H22N6. The van der Waals surface area contributed by atoms with Crippen LogP contribution in [0.3, 0.4) is 0 Å². The number of nitrogens with zero attached hydrogens (tertiary/aromatic N) is 6. The lowest BCUT2D eigenvalue weighted by atomic mass is 10.1. The number of fused-ring (bicyclic) bond motifs is 5. The van der Waals surface area contributed by atoms with Gasteiger partial charge in [-0.2, -0.15) is 5.10 Å². The van der Waals surface area contributed by atoms with E-state index in [9.17, 15) is 0 Å². The molecule has 3 heterocycles. The van der Waals surface area contributed by atoms with Gasteiger partial charge >= 0.3 is 0 Å². The first kappa shape index (κ1) is 17.4. The molecule has 0 unspecified atom stereocenters. The van der Waals surface area contributed by atoms with Crippen molar-refractivity contribution in [3.63, 3.8) is 0 Å². The molecule has 4 aromatic rings. The van der Waals surface area contributed by atoms with E-state index in [-0.39, 0.29) is 0 Å². The van der Waals surface area contributed by atoms with Gasteiger partial charge < -0.3 is 4.90 Å². The summed E-state index contributed by atoms with van der Waals surface area (Å²) in [7, 11) is 0. The minimum Gasteiger partial charge on any atom is -0.324 e. The van der Waals surface area contributed by atoms with Gasteiger partial charge in [0.05, 0.1) is 23.5 Å². The molecule has 6 heteroatoms. The first-order chi connectivity index (χ1) is 14.2. The molecule has 144 valence electrons. The van der Waals surface area contributed by atoms with Crippen LogP contribution in [0.4, 0.5) is 11.5 Å². The van der Waals surface area contributed by atoms with E-state index >= 15 is 0 Å². The fraction of sp³-hybridized carbons (Fsp3) is 0.174. The van der Waals surface area contributed by atoms with Crippen LogP contribution < -0.4 is 4.90 Å². The van der Waals surface area contributed by atoms with E-state index in [4.69, 9.17) is 5.10 Å². The highest BCUT2D eigenvalue weighted by atomic mass is 15.4. The largest absolute Gasteiger partial charge is 0.324 e. The van der Waals surface area contributed by atoms with Gasteiger partial charge in [-0.05, 0) is 26.0 Å². The quantitative estimate of drug-likeness (QED) is 0.477. The smallest absolute Gasteiger partial charge is 0.174 e. The number of benzene rings is 2. The number of allylic oxidation sites excluding steroid dienone is 1. The number of aryl methyl sites for hydroxylation is 1. The fourth-order valence-electron chi connectivity index (χ4n) is 4.11. The van der Waals surface area contributed by atoms with Crippen molar-refractivity contribution in [1.29, 1.82) is 0 Å². The maximum absolute atomic E-state index is 5.00. The summed E-state index contributed by atoms with van der Waals surface area (Å²) in [6, 6.07) is 18.6. The summed E-state index contributed by atoms with van der Waals surface area (Å²) in [4.78, 5) is 2.31. The van der Waals surface area contributed by atoms with Gasteiger partial charge in [-0.25, -0.2) is 4.68 Å². The lowest BCUT2D eigenvalue weighted by Crippen LogP contribution is -2.21. The van der Waals surface area contributed by atoms with Gasteiger partial charge in [0.1, 0.15) is 17.3 Å². The van der Waals surface area contributed by atoms with Crippen molar-refractivity contribution >= 4 is 11.5 Å². The van der Waals surface area contributed by atoms with E-state index in [0.717, 1.165) is 52.2 Å². The van der Waals surface area contributed by atoms with Crippen LogP contribution in [0.5, 0.6) is 0 Å². The Labute approximate surface area is 169 Å². The van der Waals surface area contributed by atoms with E-state index in [1.807, 2.05) is 35.9 Å². The molecule has 0 saturated carbocycles. The normalized spacial score (nSPS) is 12.1. The lowest BCUT2D eigenvalue weighted by Gasteiger charge is -2.25. The van der Waals surface area contributed by atoms with Crippen LogP contribution in [-0.2, 0) is 6.54 Å². The van der Waals surface area contributed by atoms with Crippen molar-refractivity contribution in [1.82, 2.24) is 24.5 Å². The predicted octanol–water partition coefficient (Wildman–Crippen LogP) is 4.76. The molecule has 0 bridgehead atoms. The number of hydrogen-bond donors (Lipinski definition) is 0. The Morgan fingerprint density at radius 2 is 1.69 bits per heavy atom. The van der Waals surface area contributed by atoms with Crippen molar-refractivity contribution < 1.29 is 0 Å². The fourth-order valence-corrected chi connectivity index (χ4v) is 4.11. The summed E-state index contributed by atoms with van der Waals surface area (Å²) in [6.45, 7) is 9.51. The average molecular weight is 382 g/mol. The molecule has 1 aliphatic heterocycles. The number of para-hydroxylation sites is 2. The highest BCUT2D eigenvalue weighted by Gasteiger charge is 2.33. The van der Waals surface area contributed by atoms with E-state index in [1.165, 1.54) is 0 Å². The topological polar surface area (TPSA) is 51.8 Å².